The minimum absolute atomic E-state index is 0.0733. The van der Waals surface area contributed by atoms with E-state index in [0.29, 0.717) is 16.9 Å². The van der Waals surface area contributed by atoms with Crippen LogP contribution in [-0.4, -0.2) is 32.2 Å². The number of pyridine rings is 1. The summed E-state index contributed by atoms with van der Waals surface area (Å²) in [5.74, 6) is -0.943. The number of rotatable bonds is 4. The number of hydrogen-bond donors (Lipinski definition) is 3. The summed E-state index contributed by atoms with van der Waals surface area (Å²) in [6.45, 7) is 0. The predicted octanol–water partition coefficient (Wildman–Crippen LogP) is 0.761. The van der Waals surface area contributed by atoms with Crippen molar-refractivity contribution in [2.75, 3.05) is 5.32 Å². The molecular weight excluding hydrogens is 224 g/mol. The first-order chi connectivity index (χ1) is 8.16. The summed E-state index contributed by atoms with van der Waals surface area (Å²) in [7, 11) is 0. The number of aliphatic carboxylic acids is 1. The topological polar surface area (TPSA) is 108 Å². The number of carboxylic acid groups (broad SMARTS) is 1. The number of carbonyl (C=O) groups is 2. The Hall–Kier alpha value is -2.44. The zero-order valence-corrected chi connectivity index (χ0v) is 8.80. The summed E-state index contributed by atoms with van der Waals surface area (Å²) in [6, 6.07) is 3.49. The molecule has 2 aromatic rings. The molecule has 0 unspecified atom stereocenters. The van der Waals surface area contributed by atoms with Crippen LogP contribution in [0, 0.1) is 0 Å². The predicted molar refractivity (Wildman–Crippen MR) is 59.4 cm³/mol. The number of amides is 1. The molecule has 0 atom stereocenters. The standard InChI is InChI=1S/C10H10N4O3/c15-7(3-4-8(16)17)12-10-6-2-1-5-11-9(6)13-14-10/h1-2,5H,3-4H2,(H,16,17)(H2,11,12,13,14,15). The van der Waals surface area contributed by atoms with E-state index in [9.17, 15) is 9.59 Å². The minimum atomic E-state index is -1.00. The highest BCUT2D eigenvalue weighted by molar-refractivity contribution is 5.99. The Kier molecular flexibility index (Phi) is 2.99. The number of aromatic nitrogens is 3. The van der Waals surface area contributed by atoms with Crippen LogP contribution in [0.1, 0.15) is 12.8 Å². The number of H-pyrrole nitrogens is 1. The van der Waals surface area contributed by atoms with E-state index in [-0.39, 0.29) is 18.7 Å². The Bertz CT molecular complexity index is 563. The third-order valence-electron chi connectivity index (χ3n) is 2.16. The first-order valence-corrected chi connectivity index (χ1v) is 4.97. The van der Waals surface area contributed by atoms with E-state index in [2.05, 4.69) is 20.5 Å². The summed E-state index contributed by atoms with van der Waals surface area (Å²) < 4.78 is 0. The van der Waals surface area contributed by atoms with Gasteiger partial charge >= 0.3 is 5.97 Å². The molecule has 0 spiro atoms. The van der Waals surface area contributed by atoms with Crippen molar-refractivity contribution in [2.45, 2.75) is 12.8 Å². The summed E-state index contributed by atoms with van der Waals surface area (Å²) in [4.78, 5) is 25.7. The fraction of sp³-hybridized carbons (Fsp3) is 0.200. The van der Waals surface area contributed by atoms with E-state index >= 15 is 0 Å². The van der Waals surface area contributed by atoms with Gasteiger partial charge in [0.05, 0.1) is 11.8 Å². The third-order valence-corrected chi connectivity index (χ3v) is 2.16. The van der Waals surface area contributed by atoms with Crippen LogP contribution in [0.2, 0.25) is 0 Å². The van der Waals surface area contributed by atoms with Gasteiger partial charge in [-0.05, 0) is 12.1 Å². The van der Waals surface area contributed by atoms with Crippen molar-refractivity contribution in [1.82, 2.24) is 15.2 Å². The highest BCUT2D eigenvalue weighted by Gasteiger charge is 2.10. The maximum atomic E-state index is 11.4. The number of nitrogens with zero attached hydrogens (tertiary/aromatic N) is 2. The van der Waals surface area contributed by atoms with Crippen LogP contribution < -0.4 is 5.32 Å². The lowest BCUT2D eigenvalue weighted by atomic mass is 10.3. The Balaban J connectivity index is 2.08. The summed E-state index contributed by atoms with van der Waals surface area (Å²) >= 11 is 0. The molecule has 0 aliphatic heterocycles. The highest BCUT2D eigenvalue weighted by Crippen LogP contribution is 2.17. The zero-order valence-electron chi connectivity index (χ0n) is 8.80. The van der Waals surface area contributed by atoms with E-state index in [1.165, 1.54) is 0 Å². The lowest BCUT2D eigenvalue weighted by Crippen LogP contribution is -2.13. The average molecular weight is 234 g/mol. The number of hydrogen-bond acceptors (Lipinski definition) is 4. The van der Waals surface area contributed by atoms with Crippen LogP contribution in [0.15, 0.2) is 18.3 Å². The van der Waals surface area contributed by atoms with Crippen LogP contribution in [0.4, 0.5) is 5.82 Å². The van der Waals surface area contributed by atoms with Crippen molar-refractivity contribution in [3.8, 4) is 0 Å². The molecule has 2 heterocycles. The Morgan fingerprint density at radius 1 is 1.41 bits per heavy atom. The molecule has 0 saturated heterocycles. The molecule has 0 saturated carbocycles. The lowest BCUT2D eigenvalue weighted by Gasteiger charge is -2.00. The number of carbonyl (C=O) groups excluding carboxylic acids is 1. The Labute approximate surface area is 95.9 Å². The molecule has 0 aliphatic carbocycles. The first-order valence-electron chi connectivity index (χ1n) is 4.97. The van der Waals surface area contributed by atoms with Gasteiger partial charge in [0.1, 0.15) is 5.82 Å². The molecule has 0 radical (unpaired) electrons. The molecule has 0 aliphatic rings. The second-order valence-electron chi connectivity index (χ2n) is 3.42. The first kappa shape index (κ1) is 11.1. The Morgan fingerprint density at radius 2 is 2.24 bits per heavy atom. The maximum Gasteiger partial charge on any atom is 0.303 e. The second kappa shape index (κ2) is 4.60. The van der Waals surface area contributed by atoms with Crippen LogP contribution in [0.25, 0.3) is 11.0 Å². The normalized spacial score (nSPS) is 10.4. The maximum absolute atomic E-state index is 11.4. The lowest BCUT2D eigenvalue weighted by molar-refractivity contribution is -0.138. The largest absolute Gasteiger partial charge is 0.481 e. The van der Waals surface area contributed by atoms with Crippen LogP contribution in [-0.2, 0) is 9.59 Å². The molecule has 3 N–H and O–H groups in total. The van der Waals surface area contributed by atoms with Gasteiger partial charge in [-0.15, -0.1) is 0 Å². The molecule has 7 nitrogen and oxygen atoms in total. The van der Waals surface area contributed by atoms with Gasteiger partial charge in [-0.2, -0.15) is 5.10 Å². The molecule has 2 rings (SSSR count). The van der Waals surface area contributed by atoms with E-state index in [1.807, 2.05) is 0 Å². The fourth-order valence-electron chi connectivity index (χ4n) is 1.37. The molecule has 0 aromatic carbocycles. The van der Waals surface area contributed by atoms with Crippen molar-refractivity contribution in [3.63, 3.8) is 0 Å². The van der Waals surface area contributed by atoms with Gasteiger partial charge in [-0.25, -0.2) is 4.98 Å². The van der Waals surface area contributed by atoms with Gasteiger partial charge < -0.3 is 10.4 Å². The summed E-state index contributed by atoms with van der Waals surface area (Å²) in [5, 5.41) is 18.2. The molecule has 88 valence electrons. The van der Waals surface area contributed by atoms with Gasteiger partial charge in [0.15, 0.2) is 5.65 Å². The van der Waals surface area contributed by atoms with Crippen molar-refractivity contribution >= 4 is 28.7 Å². The number of carboxylic acids is 1. The van der Waals surface area contributed by atoms with Crippen molar-refractivity contribution < 1.29 is 14.7 Å². The van der Waals surface area contributed by atoms with E-state index in [1.54, 1.807) is 18.3 Å². The van der Waals surface area contributed by atoms with E-state index < -0.39 is 5.97 Å². The second-order valence-corrected chi connectivity index (χ2v) is 3.42. The quantitative estimate of drug-likeness (QED) is 0.723. The van der Waals surface area contributed by atoms with Crippen molar-refractivity contribution in [1.29, 1.82) is 0 Å². The Morgan fingerprint density at radius 3 is 3.00 bits per heavy atom. The zero-order chi connectivity index (χ0) is 12.3. The molecule has 7 heteroatoms. The SMILES string of the molecule is O=C(O)CCC(=O)Nc1[nH]nc2ncccc12. The fourth-order valence-corrected chi connectivity index (χ4v) is 1.37. The van der Waals surface area contributed by atoms with Gasteiger partial charge in [0.2, 0.25) is 5.91 Å². The van der Waals surface area contributed by atoms with Gasteiger partial charge in [0.25, 0.3) is 0 Å². The minimum Gasteiger partial charge on any atom is -0.481 e. The van der Waals surface area contributed by atoms with Crippen LogP contribution in [0.3, 0.4) is 0 Å². The molecule has 1 amide bonds. The average Bonchev–Trinajstić information content (AvgIpc) is 2.70. The number of nitrogens with one attached hydrogen (secondary N) is 2. The van der Waals surface area contributed by atoms with E-state index in [0.717, 1.165) is 0 Å². The van der Waals surface area contributed by atoms with Gasteiger partial charge in [-0.3, -0.25) is 14.7 Å². The number of fused-ring (bicyclic) bond motifs is 1. The number of anilines is 1. The molecule has 17 heavy (non-hydrogen) atoms. The monoisotopic (exact) mass is 234 g/mol. The number of aromatic amines is 1. The molecular formula is C10H10N4O3. The summed E-state index contributed by atoms with van der Waals surface area (Å²) in [6.07, 6.45) is 1.32. The van der Waals surface area contributed by atoms with Crippen LogP contribution >= 0.6 is 0 Å². The van der Waals surface area contributed by atoms with Gasteiger partial charge in [-0.1, -0.05) is 0 Å². The van der Waals surface area contributed by atoms with Crippen molar-refractivity contribution in [3.05, 3.63) is 18.3 Å². The van der Waals surface area contributed by atoms with E-state index in [4.69, 9.17) is 5.11 Å². The smallest absolute Gasteiger partial charge is 0.303 e. The third kappa shape index (κ3) is 2.57. The van der Waals surface area contributed by atoms with Crippen molar-refractivity contribution in [2.24, 2.45) is 0 Å². The molecule has 0 fully saturated rings. The van der Waals surface area contributed by atoms with Gasteiger partial charge in [0, 0.05) is 12.6 Å². The summed E-state index contributed by atoms with van der Waals surface area (Å²) in [5.41, 5.74) is 0.501. The highest BCUT2D eigenvalue weighted by atomic mass is 16.4. The molecule has 0 bridgehead atoms. The van der Waals surface area contributed by atoms with Crippen LogP contribution in [0.5, 0.6) is 0 Å². The molecule has 2 aromatic heterocycles.